The minimum absolute atomic E-state index is 0.00266. The molecule has 1 aliphatic carbocycles. The summed E-state index contributed by atoms with van der Waals surface area (Å²) >= 11 is 0.238. The molecule has 3 N–H and O–H groups in total. The summed E-state index contributed by atoms with van der Waals surface area (Å²) in [6, 6.07) is 0. The Morgan fingerprint density at radius 2 is 1.00 bits per heavy atom. The van der Waals surface area contributed by atoms with Gasteiger partial charge in [-0.05, 0) is 31.2 Å². The first-order valence-corrected chi connectivity index (χ1v) is 11.8. The summed E-state index contributed by atoms with van der Waals surface area (Å²) in [5.41, 5.74) is 4.32. The van der Waals surface area contributed by atoms with Gasteiger partial charge in [-0.3, -0.25) is 9.59 Å². The molecule has 1 heterocycles. The number of nitrogens with one attached hydrogen (secondary N) is 1. The van der Waals surface area contributed by atoms with Gasteiger partial charge < -0.3 is 11.1 Å². The van der Waals surface area contributed by atoms with Gasteiger partial charge in [-0.2, -0.15) is 74.6 Å². The fourth-order valence-electron chi connectivity index (χ4n) is 3.76. The van der Waals surface area contributed by atoms with Crippen molar-refractivity contribution in [2.24, 2.45) is 5.73 Å². The average Bonchev–Trinajstić information content (AvgIpc) is 3.13. The molecule has 0 bridgehead atoms. The van der Waals surface area contributed by atoms with Gasteiger partial charge in [0, 0.05) is 4.88 Å². The van der Waals surface area contributed by atoms with E-state index in [4.69, 9.17) is 5.73 Å². The summed E-state index contributed by atoms with van der Waals surface area (Å²) in [5.74, 6) is -63.8. The first-order chi connectivity index (χ1) is 18.6. The van der Waals surface area contributed by atoms with E-state index in [1.165, 1.54) is 0 Å². The Balaban J connectivity index is 2.57. The van der Waals surface area contributed by atoms with Gasteiger partial charge in [-0.25, -0.2) is 0 Å². The topological polar surface area (TPSA) is 72.2 Å². The molecule has 2 amide bonds. The van der Waals surface area contributed by atoms with E-state index < -0.39 is 70.0 Å². The zero-order valence-electron chi connectivity index (χ0n) is 20.0. The van der Waals surface area contributed by atoms with E-state index in [-0.39, 0.29) is 34.6 Å². The summed E-state index contributed by atoms with van der Waals surface area (Å²) < 4.78 is 229. The summed E-state index contributed by atoms with van der Waals surface area (Å²) in [5, 5.41) is -0.266. The lowest BCUT2D eigenvalue weighted by Gasteiger charge is -2.42. The fourth-order valence-corrected chi connectivity index (χ4v) is 5.05. The molecule has 42 heavy (non-hydrogen) atoms. The van der Waals surface area contributed by atoms with E-state index in [0.717, 1.165) is 5.32 Å². The number of alkyl halides is 17. The second-order valence-corrected chi connectivity index (χ2v) is 10.1. The monoisotopic (exact) mass is 670 g/mol. The molecule has 242 valence electrons. The quantitative estimate of drug-likeness (QED) is 0.268. The second kappa shape index (κ2) is 10.6. The third-order valence-electron chi connectivity index (χ3n) is 6.15. The maximum Gasteiger partial charge on any atom is 0.460 e. The van der Waals surface area contributed by atoms with Crippen LogP contribution in [0.15, 0.2) is 0 Å². The molecule has 0 unspecified atom stereocenters. The SMILES string of the molecule is NC(=O)c1c(NC(=O)C(F)(F)C(F)(F)C(F)(F)C(F)(F)C(F)(F)C(F)(F)C(F)(F)C(F)(F)F)sc2c1CCCCCC2. The lowest BCUT2D eigenvalue weighted by molar-refractivity contribution is -0.459. The predicted molar refractivity (Wildman–Crippen MR) is 108 cm³/mol. The van der Waals surface area contributed by atoms with Crippen molar-refractivity contribution in [1.82, 2.24) is 0 Å². The van der Waals surface area contributed by atoms with Crippen molar-refractivity contribution in [2.45, 2.75) is 86.2 Å². The summed E-state index contributed by atoms with van der Waals surface area (Å²) in [4.78, 5) is 24.0. The van der Waals surface area contributed by atoms with Gasteiger partial charge in [-0.1, -0.05) is 12.8 Å². The molecule has 1 aliphatic rings. The van der Waals surface area contributed by atoms with Crippen LogP contribution in [0.5, 0.6) is 0 Å². The van der Waals surface area contributed by atoms with Crippen LogP contribution in [-0.2, 0) is 17.6 Å². The molecular weight excluding hydrogens is 655 g/mol. The lowest BCUT2D eigenvalue weighted by atomic mass is 9.89. The number of halogens is 17. The van der Waals surface area contributed by atoms with E-state index in [2.05, 4.69) is 0 Å². The van der Waals surface area contributed by atoms with Crippen molar-refractivity contribution in [2.75, 3.05) is 5.32 Å². The van der Waals surface area contributed by atoms with Gasteiger partial charge in [0.25, 0.3) is 5.91 Å². The van der Waals surface area contributed by atoms with Crippen LogP contribution in [0.1, 0.15) is 46.5 Å². The number of nitrogens with two attached hydrogens (primary N) is 1. The number of carbonyl (C=O) groups is 2. The van der Waals surface area contributed by atoms with Crippen molar-refractivity contribution in [3.05, 3.63) is 16.0 Å². The molecule has 1 aromatic heterocycles. The number of primary amides is 1. The van der Waals surface area contributed by atoms with Gasteiger partial charge >= 0.3 is 53.5 Å². The highest BCUT2D eigenvalue weighted by atomic mass is 32.1. The normalized spacial score (nSPS) is 16.9. The summed E-state index contributed by atoms with van der Waals surface area (Å²) in [7, 11) is 0. The number of amides is 2. The Bertz CT molecular complexity index is 1210. The molecule has 0 spiro atoms. The number of carbonyl (C=O) groups excluding carboxylic acids is 2. The lowest BCUT2D eigenvalue weighted by Crippen LogP contribution is -2.75. The number of rotatable bonds is 9. The van der Waals surface area contributed by atoms with Crippen LogP contribution in [0.2, 0.25) is 0 Å². The highest BCUT2D eigenvalue weighted by Crippen LogP contribution is 2.64. The Morgan fingerprint density at radius 3 is 1.43 bits per heavy atom. The van der Waals surface area contributed by atoms with Gasteiger partial charge in [0.05, 0.1) is 5.56 Å². The zero-order valence-corrected chi connectivity index (χ0v) is 20.8. The smallest absolute Gasteiger partial charge is 0.365 e. The maximum absolute atomic E-state index is 14.3. The summed E-state index contributed by atoms with van der Waals surface area (Å²) in [6.07, 6.45) is -5.84. The third-order valence-corrected chi connectivity index (χ3v) is 7.36. The van der Waals surface area contributed by atoms with Crippen molar-refractivity contribution in [1.29, 1.82) is 0 Å². The molecule has 0 atom stereocenters. The highest BCUT2D eigenvalue weighted by molar-refractivity contribution is 7.17. The van der Waals surface area contributed by atoms with Crippen LogP contribution in [0, 0.1) is 0 Å². The van der Waals surface area contributed by atoms with E-state index in [1.807, 2.05) is 0 Å². The fraction of sp³-hybridized carbons (Fsp3) is 0.700. The summed E-state index contributed by atoms with van der Waals surface area (Å²) in [6.45, 7) is 0. The number of anilines is 1. The maximum atomic E-state index is 14.3. The van der Waals surface area contributed by atoms with Crippen LogP contribution in [0.25, 0.3) is 0 Å². The number of fused-ring (bicyclic) bond motifs is 1. The van der Waals surface area contributed by atoms with Crippen LogP contribution >= 0.6 is 11.3 Å². The molecule has 2 rings (SSSR count). The molecule has 0 aromatic carbocycles. The van der Waals surface area contributed by atoms with Crippen LogP contribution in [-0.4, -0.2) is 59.4 Å². The molecule has 4 nitrogen and oxygen atoms in total. The molecular formula is C20H15F17N2O2S. The van der Waals surface area contributed by atoms with Crippen molar-refractivity contribution in [3.63, 3.8) is 0 Å². The van der Waals surface area contributed by atoms with Crippen molar-refractivity contribution < 1.29 is 84.2 Å². The zero-order chi connectivity index (χ0) is 33.1. The number of hydrogen-bond donors (Lipinski definition) is 2. The van der Waals surface area contributed by atoms with E-state index in [0.29, 0.717) is 25.7 Å². The molecule has 22 heteroatoms. The number of thiophene rings is 1. The Kier molecular flexibility index (Phi) is 8.96. The molecule has 0 radical (unpaired) electrons. The van der Waals surface area contributed by atoms with Crippen LogP contribution in [0.4, 0.5) is 79.6 Å². The van der Waals surface area contributed by atoms with Crippen LogP contribution < -0.4 is 11.1 Å². The largest absolute Gasteiger partial charge is 0.460 e. The molecule has 1 aromatic rings. The Hall–Kier alpha value is -2.55. The van der Waals surface area contributed by atoms with E-state index in [9.17, 15) is 84.2 Å². The first-order valence-electron chi connectivity index (χ1n) is 11.0. The Labute approximate surface area is 226 Å². The van der Waals surface area contributed by atoms with Gasteiger partial charge in [0.15, 0.2) is 0 Å². The molecule has 0 saturated heterocycles. The standard InChI is InChI=1S/C20H15F17N2O2S/c21-13(22,12(41)39-11-9(10(38)40)7-5-3-1-2-4-6-8(7)42-11)14(23,24)15(25,26)16(27,28)17(29,30)18(31,32)19(33,34)20(35,36)37/h1-6H2,(H2,38,40)(H,39,41). The third kappa shape index (κ3) is 5.03. The molecule has 0 aliphatic heterocycles. The molecule has 0 saturated carbocycles. The first kappa shape index (κ1) is 35.6. The predicted octanol–water partition coefficient (Wildman–Crippen LogP) is 7.45. The molecule has 0 fully saturated rings. The van der Waals surface area contributed by atoms with E-state index in [1.54, 1.807) is 0 Å². The minimum Gasteiger partial charge on any atom is -0.365 e. The van der Waals surface area contributed by atoms with Crippen LogP contribution in [0.3, 0.4) is 0 Å². The van der Waals surface area contributed by atoms with Gasteiger partial charge in [0.1, 0.15) is 5.00 Å². The van der Waals surface area contributed by atoms with Crippen molar-refractivity contribution >= 4 is 28.2 Å². The van der Waals surface area contributed by atoms with Gasteiger partial charge in [0.2, 0.25) is 0 Å². The van der Waals surface area contributed by atoms with E-state index >= 15 is 0 Å². The average molecular weight is 670 g/mol. The highest BCUT2D eigenvalue weighted by Gasteiger charge is 2.95. The van der Waals surface area contributed by atoms with Gasteiger partial charge in [-0.15, -0.1) is 11.3 Å². The van der Waals surface area contributed by atoms with Crippen molar-refractivity contribution in [3.8, 4) is 0 Å². The minimum atomic E-state index is -8.80. The Morgan fingerprint density at radius 1 is 0.595 bits per heavy atom. The second-order valence-electron chi connectivity index (χ2n) is 8.96. The number of aryl methyl sites for hydroxylation is 1. The number of hydrogen-bond acceptors (Lipinski definition) is 3.